The molecule has 0 heterocycles. The lowest BCUT2D eigenvalue weighted by Gasteiger charge is -2.20. The van der Waals surface area contributed by atoms with Crippen LogP contribution in [-0.2, 0) is 6.18 Å². The molecule has 0 aromatic heterocycles. The smallest absolute Gasteiger partial charge is 0.313 e. The fourth-order valence-corrected chi connectivity index (χ4v) is 2.10. The highest BCUT2D eigenvalue weighted by Gasteiger charge is 2.39. The summed E-state index contributed by atoms with van der Waals surface area (Å²) in [6, 6.07) is 5.66. The van der Waals surface area contributed by atoms with Gasteiger partial charge in [0.2, 0.25) is 0 Å². The molecule has 0 spiro atoms. The number of halogens is 3. The fraction of sp³-hybridized carbons (Fsp3) is 0.500. The quantitative estimate of drug-likeness (QED) is 0.837. The Bertz CT molecular complexity index is 369. The molecule has 0 radical (unpaired) electrons. The van der Waals surface area contributed by atoms with Gasteiger partial charge >= 0.3 is 6.18 Å². The minimum absolute atomic E-state index is 0.169. The third kappa shape index (κ3) is 2.21. The van der Waals surface area contributed by atoms with Crippen molar-refractivity contribution in [1.82, 2.24) is 5.32 Å². The third-order valence-corrected chi connectivity index (χ3v) is 3.01. The summed E-state index contributed by atoms with van der Waals surface area (Å²) in [6.45, 7) is 0. The topological polar surface area (TPSA) is 12.0 Å². The monoisotopic (exact) mass is 229 g/mol. The summed E-state index contributed by atoms with van der Waals surface area (Å²) in [7, 11) is 1.72. The number of benzene rings is 1. The number of hydrogen-bond acceptors (Lipinski definition) is 1. The lowest BCUT2D eigenvalue weighted by molar-refractivity contribution is -0.138. The first kappa shape index (κ1) is 11.5. The van der Waals surface area contributed by atoms with Crippen LogP contribution in [0.1, 0.15) is 30.0 Å². The standard InChI is InChI=1S/C12H14F3N/c1-16-11(8-6-7-8)9-4-2-3-5-10(9)12(13,14)15/h2-5,8,11,16H,6-7H2,1H3. The molecule has 1 N–H and O–H groups in total. The number of rotatable bonds is 3. The molecular formula is C12H14F3N. The van der Waals surface area contributed by atoms with E-state index >= 15 is 0 Å². The lowest BCUT2D eigenvalue weighted by atomic mass is 9.96. The second-order valence-corrected chi connectivity index (χ2v) is 4.19. The molecule has 0 aliphatic heterocycles. The minimum atomic E-state index is -4.26. The van der Waals surface area contributed by atoms with Crippen LogP contribution in [0, 0.1) is 5.92 Å². The van der Waals surface area contributed by atoms with Crippen LogP contribution in [-0.4, -0.2) is 7.05 Å². The Morgan fingerprint density at radius 3 is 2.38 bits per heavy atom. The predicted molar refractivity (Wildman–Crippen MR) is 56.0 cm³/mol. The van der Waals surface area contributed by atoms with E-state index in [4.69, 9.17) is 0 Å². The molecule has 16 heavy (non-hydrogen) atoms. The van der Waals surface area contributed by atoms with Gasteiger partial charge < -0.3 is 5.32 Å². The maximum Gasteiger partial charge on any atom is 0.416 e. The first-order valence-electron chi connectivity index (χ1n) is 5.37. The van der Waals surface area contributed by atoms with Crippen molar-refractivity contribution < 1.29 is 13.2 Å². The maximum atomic E-state index is 12.8. The van der Waals surface area contributed by atoms with Crippen molar-refractivity contribution in [2.24, 2.45) is 5.92 Å². The van der Waals surface area contributed by atoms with Gasteiger partial charge in [-0.15, -0.1) is 0 Å². The molecule has 0 saturated heterocycles. The van der Waals surface area contributed by atoms with Gasteiger partial charge in [0.25, 0.3) is 0 Å². The van der Waals surface area contributed by atoms with Gasteiger partial charge in [-0.3, -0.25) is 0 Å². The average Bonchev–Trinajstić information content (AvgIpc) is 3.02. The first-order valence-corrected chi connectivity index (χ1v) is 5.37. The molecule has 1 unspecified atom stereocenters. The molecule has 1 aromatic carbocycles. The van der Waals surface area contributed by atoms with E-state index < -0.39 is 11.7 Å². The molecule has 0 amide bonds. The van der Waals surface area contributed by atoms with Crippen LogP contribution in [0.3, 0.4) is 0 Å². The Hall–Kier alpha value is -1.03. The number of alkyl halides is 3. The fourth-order valence-electron chi connectivity index (χ4n) is 2.10. The molecule has 1 nitrogen and oxygen atoms in total. The van der Waals surface area contributed by atoms with Crippen LogP contribution in [0.25, 0.3) is 0 Å². The summed E-state index contributed by atoms with van der Waals surface area (Å²) in [5.74, 6) is 0.355. The van der Waals surface area contributed by atoms with Gasteiger partial charge in [-0.1, -0.05) is 18.2 Å². The van der Waals surface area contributed by atoms with E-state index in [1.165, 1.54) is 6.07 Å². The SMILES string of the molecule is CNC(c1ccccc1C(F)(F)F)C1CC1. The van der Waals surface area contributed by atoms with E-state index in [1.807, 2.05) is 0 Å². The van der Waals surface area contributed by atoms with E-state index in [1.54, 1.807) is 19.2 Å². The van der Waals surface area contributed by atoms with Crippen molar-refractivity contribution in [3.63, 3.8) is 0 Å². The molecule has 1 fully saturated rings. The van der Waals surface area contributed by atoms with Gasteiger partial charge in [-0.25, -0.2) is 0 Å². The summed E-state index contributed by atoms with van der Waals surface area (Å²) in [4.78, 5) is 0. The van der Waals surface area contributed by atoms with E-state index in [-0.39, 0.29) is 6.04 Å². The minimum Gasteiger partial charge on any atom is -0.313 e. The molecule has 4 heteroatoms. The Kier molecular flexibility index (Phi) is 2.93. The molecule has 88 valence electrons. The van der Waals surface area contributed by atoms with Gasteiger partial charge in [-0.05, 0) is 37.4 Å². The van der Waals surface area contributed by atoms with Gasteiger partial charge in [0.05, 0.1) is 5.56 Å². The zero-order valence-corrected chi connectivity index (χ0v) is 9.01. The molecule has 1 aliphatic rings. The summed E-state index contributed by atoms with van der Waals surface area (Å²) in [5, 5.41) is 2.99. The highest BCUT2D eigenvalue weighted by molar-refractivity contribution is 5.33. The van der Waals surface area contributed by atoms with Crippen LogP contribution < -0.4 is 5.32 Å². The molecule has 2 rings (SSSR count). The molecule has 1 aromatic rings. The Labute approximate surface area is 92.7 Å². The summed E-state index contributed by atoms with van der Waals surface area (Å²) in [5.41, 5.74) is -0.138. The number of nitrogens with one attached hydrogen (secondary N) is 1. The van der Waals surface area contributed by atoms with Crippen molar-refractivity contribution in [2.75, 3.05) is 7.05 Å². The largest absolute Gasteiger partial charge is 0.416 e. The molecular weight excluding hydrogens is 215 g/mol. The highest BCUT2D eigenvalue weighted by atomic mass is 19.4. The molecule has 0 bridgehead atoms. The zero-order valence-electron chi connectivity index (χ0n) is 9.01. The molecule has 1 aliphatic carbocycles. The lowest BCUT2D eigenvalue weighted by Crippen LogP contribution is -2.22. The summed E-state index contributed by atoms with van der Waals surface area (Å²) in [6.07, 6.45) is -2.24. The first-order chi connectivity index (χ1) is 7.54. The van der Waals surface area contributed by atoms with E-state index in [2.05, 4.69) is 5.32 Å². The second kappa shape index (κ2) is 4.09. The average molecular weight is 229 g/mol. The predicted octanol–water partition coefficient (Wildman–Crippen LogP) is 3.38. The van der Waals surface area contributed by atoms with Crippen LogP contribution in [0.4, 0.5) is 13.2 Å². The van der Waals surface area contributed by atoms with Crippen molar-refractivity contribution >= 4 is 0 Å². The van der Waals surface area contributed by atoms with E-state index in [0.717, 1.165) is 18.9 Å². The third-order valence-electron chi connectivity index (χ3n) is 3.01. The van der Waals surface area contributed by atoms with Gasteiger partial charge in [0.1, 0.15) is 0 Å². The van der Waals surface area contributed by atoms with Crippen molar-refractivity contribution in [2.45, 2.75) is 25.1 Å². The summed E-state index contributed by atoms with van der Waals surface area (Å²) < 4.78 is 38.4. The number of hydrogen-bond donors (Lipinski definition) is 1. The zero-order chi connectivity index (χ0) is 11.8. The Balaban J connectivity index is 2.38. The Morgan fingerprint density at radius 2 is 1.88 bits per heavy atom. The highest BCUT2D eigenvalue weighted by Crippen LogP contribution is 2.44. The second-order valence-electron chi connectivity index (χ2n) is 4.19. The molecule has 1 atom stereocenters. The van der Waals surface area contributed by atoms with Gasteiger partial charge in [0, 0.05) is 6.04 Å². The molecule has 1 saturated carbocycles. The van der Waals surface area contributed by atoms with Crippen LogP contribution >= 0.6 is 0 Å². The van der Waals surface area contributed by atoms with E-state index in [9.17, 15) is 13.2 Å². The van der Waals surface area contributed by atoms with Crippen molar-refractivity contribution in [3.8, 4) is 0 Å². The van der Waals surface area contributed by atoms with Crippen molar-refractivity contribution in [3.05, 3.63) is 35.4 Å². The van der Waals surface area contributed by atoms with Crippen LogP contribution in [0.2, 0.25) is 0 Å². The van der Waals surface area contributed by atoms with Crippen molar-refractivity contribution in [1.29, 1.82) is 0 Å². The Morgan fingerprint density at radius 1 is 1.25 bits per heavy atom. The van der Waals surface area contributed by atoms with Crippen LogP contribution in [0.5, 0.6) is 0 Å². The normalized spacial score (nSPS) is 18.5. The van der Waals surface area contributed by atoms with E-state index in [0.29, 0.717) is 11.5 Å². The van der Waals surface area contributed by atoms with Gasteiger partial charge in [0.15, 0.2) is 0 Å². The van der Waals surface area contributed by atoms with Crippen LogP contribution in [0.15, 0.2) is 24.3 Å². The summed E-state index contributed by atoms with van der Waals surface area (Å²) >= 11 is 0. The maximum absolute atomic E-state index is 12.8. The van der Waals surface area contributed by atoms with Gasteiger partial charge in [-0.2, -0.15) is 13.2 Å².